The van der Waals surface area contributed by atoms with E-state index in [0.29, 0.717) is 30.5 Å². The Morgan fingerprint density at radius 3 is 2.62 bits per heavy atom. The number of carbonyl (C=O) groups is 2. The molecule has 0 heterocycles. The van der Waals surface area contributed by atoms with Gasteiger partial charge in [-0.3, -0.25) is 9.59 Å². The molecule has 1 N–H and O–H groups in total. The summed E-state index contributed by atoms with van der Waals surface area (Å²) >= 11 is 3.37. The van der Waals surface area contributed by atoms with E-state index in [1.807, 2.05) is 30.9 Å². The van der Waals surface area contributed by atoms with Crippen molar-refractivity contribution in [3.8, 4) is 0 Å². The summed E-state index contributed by atoms with van der Waals surface area (Å²) in [5.41, 5.74) is 0.585. The highest BCUT2D eigenvalue weighted by Crippen LogP contribution is 2.64. The quantitative estimate of drug-likeness (QED) is 0.803. The molecule has 3 atom stereocenters. The van der Waals surface area contributed by atoms with E-state index in [2.05, 4.69) is 21.2 Å². The van der Waals surface area contributed by atoms with Crippen LogP contribution in [0.4, 0.5) is 0 Å². The Kier molecular flexibility index (Phi) is 5.00. The predicted octanol–water partition coefficient (Wildman–Crippen LogP) is 3.61. The summed E-state index contributed by atoms with van der Waals surface area (Å²) in [7, 11) is 0. The minimum Gasteiger partial charge on any atom is -0.348 e. The standard InChI is InChI=1S/C19H25BrN2O2/c1-3-22(18(24)19-10-4-5-15(19)11-19)12-13(2)21-17(23)14-6-8-16(20)9-7-14/h6-9,13,15H,3-5,10-12H2,1-2H3,(H,21,23)/t13?,15-,19-/m1/s1. The predicted molar refractivity (Wildman–Crippen MR) is 97.7 cm³/mol. The minimum absolute atomic E-state index is 0.0502. The molecule has 0 aromatic heterocycles. The Morgan fingerprint density at radius 1 is 1.38 bits per heavy atom. The van der Waals surface area contributed by atoms with E-state index in [9.17, 15) is 9.59 Å². The lowest BCUT2D eigenvalue weighted by atomic mass is 10.0. The molecular formula is C19H25BrN2O2. The van der Waals surface area contributed by atoms with Crippen LogP contribution >= 0.6 is 15.9 Å². The van der Waals surface area contributed by atoms with Crippen molar-refractivity contribution in [3.05, 3.63) is 34.3 Å². The van der Waals surface area contributed by atoms with Gasteiger partial charge >= 0.3 is 0 Å². The number of fused-ring (bicyclic) bond motifs is 1. The second-order valence-corrected chi connectivity index (χ2v) is 8.09. The van der Waals surface area contributed by atoms with Crippen LogP contribution in [0.2, 0.25) is 0 Å². The summed E-state index contributed by atoms with van der Waals surface area (Å²) in [6, 6.07) is 7.23. The van der Waals surface area contributed by atoms with Gasteiger partial charge in [-0.25, -0.2) is 0 Å². The van der Waals surface area contributed by atoms with Gasteiger partial charge in [0.1, 0.15) is 0 Å². The van der Waals surface area contributed by atoms with Crippen LogP contribution in [0.25, 0.3) is 0 Å². The maximum Gasteiger partial charge on any atom is 0.251 e. The molecule has 1 aromatic rings. The van der Waals surface area contributed by atoms with Crippen LogP contribution in [0.1, 0.15) is 49.9 Å². The van der Waals surface area contributed by atoms with Crippen LogP contribution in [0, 0.1) is 11.3 Å². The fraction of sp³-hybridized carbons (Fsp3) is 0.579. The van der Waals surface area contributed by atoms with Crippen LogP contribution in [0.3, 0.4) is 0 Å². The van der Waals surface area contributed by atoms with E-state index in [1.54, 1.807) is 12.1 Å². The number of likely N-dealkylation sites (N-methyl/N-ethyl adjacent to an activating group) is 1. The van der Waals surface area contributed by atoms with Crippen molar-refractivity contribution < 1.29 is 9.59 Å². The van der Waals surface area contributed by atoms with Crippen LogP contribution in [0.15, 0.2) is 28.7 Å². The molecule has 2 fully saturated rings. The van der Waals surface area contributed by atoms with Crippen molar-refractivity contribution in [3.63, 3.8) is 0 Å². The smallest absolute Gasteiger partial charge is 0.251 e. The minimum atomic E-state index is -0.0955. The van der Waals surface area contributed by atoms with Crippen LogP contribution < -0.4 is 5.32 Å². The highest BCUT2D eigenvalue weighted by molar-refractivity contribution is 9.10. The fourth-order valence-corrected chi connectivity index (χ4v) is 4.32. The van der Waals surface area contributed by atoms with Crippen molar-refractivity contribution in [2.24, 2.45) is 11.3 Å². The zero-order chi connectivity index (χ0) is 17.3. The first-order chi connectivity index (χ1) is 11.5. The normalized spacial score (nSPS) is 25.7. The number of nitrogens with one attached hydrogen (secondary N) is 1. The molecule has 2 aliphatic rings. The molecule has 1 unspecified atom stereocenters. The molecule has 3 rings (SSSR count). The monoisotopic (exact) mass is 392 g/mol. The molecule has 2 amide bonds. The number of nitrogens with zero attached hydrogens (tertiary/aromatic N) is 1. The first kappa shape index (κ1) is 17.5. The van der Waals surface area contributed by atoms with Crippen LogP contribution in [0.5, 0.6) is 0 Å². The summed E-state index contributed by atoms with van der Waals surface area (Å²) < 4.78 is 0.949. The summed E-state index contributed by atoms with van der Waals surface area (Å²) in [4.78, 5) is 27.1. The van der Waals surface area contributed by atoms with Gasteiger partial charge in [0.25, 0.3) is 5.91 Å². The van der Waals surface area contributed by atoms with Crippen molar-refractivity contribution in [2.75, 3.05) is 13.1 Å². The molecule has 2 aliphatic carbocycles. The highest BCUT2D eigenvalue weighted by Gasteiger charge is 2.62. The van der Waals surface area contributed by atoms with Gasteiger partial charge in [-0.2, -0.15) is 0 Å². The van der Waals surface area contributed by atoms with Crippen molar-refractivity contribution in [1.29, 1.82) is 0 Å². The van der Waals surface area contributed by atoms with Crippen molar-refractivity contribution >= 4 is 27.7 Å². The van der Waals surface area contributed by atoms with Gasteiger partial charge in [-0.1, -0.05) is 22.4 Å². The van der Waals surface area contributed by atoms with E-state index in [0.717, 1.165) is 17.3 Å². The number of benzene rings is 1. The molecule has 0 aliphatic heterocycles. The Labute approximate surface area is 152 Å². The van der Waals surface area contributed by atoms with Gasteiger partial charge in [0.2, 0.25) is 5.91 Å². The van der Waals surface area contributed by atoms with Gasteiger partial charge in [0.15, 0.2) is 0 Å². The number of carbonyl (C=O) groups excluding carboxylic acids is 2. The number of hydrogen-bond donors (Lipinski definition) is 1. The molecule has 0 bridgehead atoms. The molecule has 1 aromatic carbocycles. The second-order valence-electron chi connectivity index (χ2n) is 7.17. The average molecular weight is 393 g/mol. The summed E-state index contributed by atoms with van der Waals surface area (Å²) in [6.07, 6.45) is 4.51. The largest absolute Gasteiger partial charge is 0.348 e. The second kappa shape index (κ2) is 6.87. The maximum absolute atomic E-state index is 12.9. The van der Waals surface area contributed by atoms with Crippen molar-refractivity contribution in [2.45, 2.75) is 45.6 Å². The lowest BCUT2D eigenvalue weighted by Gasteiger charge is -2.28. The van der Waals surface area contributed by atoms with Gasteiger partial charge < -0.3 is 10.2 Å². The molecular weight excluding hydrogens is 368 g/mol. The average Bonchev–Trinajstić information content (AvgIpc) is 3.13. The molecule has 4 nitrogen and oxygen atoms in total. The SMILES string of the molecule is CCN(CC(C)NC(=O)c1ccc(Br)cc1)C(=O)[C@@]12CCC[C@@H]1C2. The van der Waals surface area contributed by atoms with Crippen LogP contribution in [-0.2, 0) is 4.79 Å². The zero-order valence-electron chi connectivity index (χ0n) is 14.3. The summed E-state index contributed by atoms with van der Waals surface area (Å²) in [5, 5.41) is 3.00. The van der Waals surface area contributed by atoms with E-state index in [1.165, 1.54) is 12.8 Å². The number of hydrogen-bond acceptors (Lipinski definition) is 2. The highest BCUT2D eigenvalue weighted by atomic mass is 79.9. The first-order valence-electron chi connectivity index (χ1n) is 8.82. The van der Waals surface area contributed by atoms with E-state index in [4.69, 9.17) is 0 Å². The Morgan fingerprint density at radius 2 is 2.08 bits per heavy atom. The topological polar surface area (TPSA) is 49.4 Å². The van der Waals surface area contributed by atoms with E-state index in [-0.39, 0.29) is 17.4 Å². The third-order valence-electron chi connectivity index (χ3n) is 5.48. The van der Waals surface area contributed by atoms with Gasteiger partial charge in [0, 0.05) is 29.2 Å². The number of amides is 2. The van der Waals surface area contributed by atoms with Crippen molar-refractivity contribution in [1.82, 2.24) is 10.2 Å². The number of rotatable bonds is 6. The molecule has 0 saturated heterocycles. The lowest BCUT2D eigenvalue weighted by molar-refractivity contribution is -0.137. The van der Waals surface area contributed by atoms with E-state index < -0.39 is 0 Å². The maximum atomic E-state index is 12.9. The third kappa shape index (κ3) is 3.37. The Balaban J connectivity index is 1.56. The molecule has 130 valence electrons. The molecule has 0 radical (unpaired) electrons. The number of halogens is 1. The van der Waals surface area contributed by atoms with Gasteiger partial charge in [0.05, 0.1) is 5.41 Å². The lowest BCUT2D eigenvalue weighted by Crippen LogP contribution is -2.46. The fourth-order valence-electron chi connectivity index (χ4n) is 4.05. The molecule has 0 spiro atoms. The molecule has 2 saturated carbocycles. The van der Waals surface area contributed by atoms with Gasteiger partial charge in [-0.15, -0.1) is 0 Å². The first-order valence-corrected chi connectivity index (χ1v) is 9.61. The van der Waals surface area contributed by atoms with E-state index >= 15 is 0 Å². The molecule has 5 heteroatoms. The molecule has 24 heavy (non-hydrogen) atoms. The third-order valence-corrected chi connectivity index (χ3v) is 6.01. The van der Waals surface area contributed by atoms with Crippen LogP contribution in [-0.4, -0.2) is 35.8 Å². The zero-order valence-corrected chi connectivity index (χ0v) is 15.9. The Bertz CT molecular complexity index is 631. The summed E-state index contributed by atoms with van der Waals surface area (Å²) in [5.74, 6) is 0.825. The summed E-state index contributed by atoms with van der Waals surface area (Å²) in [6.45, 7) is 5.26. The van der Waals surface area contributed by atoms with Gasteiger partial charge in [-0.05, 0) is 63.3 Å². The Hall–Kier alpha value is -1.36.